The van der Waals surface area contributed by atoms with Gasteiger partial charge in [-0.1, -0.05) is 0 Å². The second-order valence-corrected chi connectivity index (χ2v) is 14.3. The SMILES string of the molecule is CNC(=O)COCCOCCCC(=O)COCCOCCCC(=O)C(CCC(=O)O)NC(=O)CCC(CC(=O)C1CCC(CNC(=O)CCCC(=O)O)CC1)C(=O)O. The van der Waals surface area contributed by atoms with Crippen LogP contribution in [-0.2, 0) is 62.1 Å². The minimum atomic E-state index is -1.23. The van der Waals surface area contributed by atoms with Crippen molar-refractivity contribution in [3.8, 4) is 0 Å². The maximum Gasteiger partial charge on any atom is 0.306 e. The molecule has 58 heavy (non-hydrogen) atoms. The summed E-state index contributed by atoms with van der Waals surface area (Å²) < 4.78 is 21.2. The predicted molar refractivity (Wildman–Crippen MR) is 205 cm³/mol. The predicted octanol–water partition coefficient (Wildman–Crippen LogP) is 1.46. The van der Waals surface area contributed by atoms with Crippen LogP contribution in [0.15, 0.2) is 0 Å². The van der Waals surface area contributed by atoms with Crippen molar-refractivity contribution in [1.29, 1.82) is 0 Å². The van der Waals surface area contributed by atoms with Crippen molar-refractivity contribution in [3.63, 3.8) is 0 Å². The molecule has 0 radical (unpaired) electrons. The van der Waals surface area contributed by atoms with E-state index in [0.29, 0.717) is 51.9 Å². The van der Waals surface area contributed by atoms with Gasteiger partial charge in [0.1, 0.15) is 19.0 Å². The second kappa shape index (κ2) is 31.6. The van der Waals surface area contributed by atoms with Gasteiger partial charge in [0.25, 0.3) is 0 Å². The Morgan fingerprint density at radius 3 is 1.81 bits per heavy atom. The zero-order chi connectivity index (χ0) is 43.1. The molecule has 3 amide bonds. The number of hydrogen-bond acceptors (Lipinski definition) is 13. The minimum absolute atomic E-state index is 0.0140. The average Bonchev–Trinajstić information content (AvgIpc) is 3.18. The van der Waals surface area contributed by atoms with Crippen molar-refractivity contribution in [2.45, 2.75) is 109 Å². The number of carboxylic acid groups (broad SMARTS) is 3. The Kier molecular flexibility index (Phi) is 28.2. The zero-order valence-corrected chi connectivity index (χ0v) is 33.6. The van der Waals surface area contributed by atoms with Crippen molar-refractivity contribution in [2.75, 3.05) is 66.4 Å². The lowest BCUT2D eigenvalue weighted by molar-refractivity contribution is -0.145. The molecule has 1 saturated carbocycles. The topological polar surface area (TPSA) is 287 Å². The van der Waals surface area contributed by atoms with E-state index in [1.54, 1.807) is 0 Å². The number of carbonyl (C=O) groups is 9. The molecular weight excluding hydrogens is 766 g/mol. The van der Waals surface area contributed by atoms with E-state index in [1.807, 2.05) is 0 Å². The fourth-order valence-electron chi connectivity index (χ4n) is 6.14. The summed E-state index contributed by atoms with van der Waals surface area (Å²) in [5.41, 5.74) is 0. The molecule has 1 aliphatic carbocycles. The van der Waals surface area contributed by atoms with E-state index < -0.39 is 41.6 Å². The summed E-state index contributed by atoms with van der Waals surface area (Å²) in [6.07, 6.45) is 2.55. The number of ketones is 3. The molecule has 0 aromatic rings. The Balaban J connectivity index is 2.33. The van der Waals surface area contributed by atoms with Crippen LogP contribution in [0.1, 0.15) is 103 Å². The lowest BCUT2D eigenvalue weighted by Crippen LogP contribution is -2.41. The molecular formula is C39H63N3O16. The Hall–Kier alpha value is -4.33. The minimum Gasteiger partial charge on any atom is -0.481 e. The summed E-state index contributed by atoms with van der Waals surface area (Å²) >= 11 is 0. The first-order chi connectivity index (χ1) is 27.7. The molecule has 0 aromatic carbocycles. The van der Waals surface area contributed by atoms with E-state index in [2.05, 4.69) is 16.0 Å². The van der Waals surface area contributed by atoms with E-state index in [1.165, 1.54) is 7.05 Å². The monoisotopic (exact) mass is 829 g/mol. The van der Waals surface area contributed by atoms with Gasteiger partial charge in [-0.2, -0.15) is 0 Å². The first kappa shape index (κ1) is 51.7. The van der Waals surface area contributed by atoms with Crippen molar-refractivity contribution in [3.05, 3.63) is 0 Å². The molecule has 0 saturated heterocycles. The van der Waals surface area contributed by atoms with E-state index in [0.717, 1.165) is 0 Å². The Bertz CT molecular complexity index is 1320. The smallest absolute Gasteiger partial charge is 0.306 e. The van der Waals surface area contributed by atoms with Crippen LogP contribution in [0.25, 0.3) is 0 Å². The highest BCUT2D eigenvalue weighted by Crippen LogP contribution is 2.31. The number of ether oxygens (including phenoxy) is 4. The Morgan fingerprint density at radius 2 is 1.21 bits per heavy atom. The summed E-state index contributed by atoms with van der Waals surface area (Å²) in [6.45, 7) is 1.73. The van der Waals surface area contributed by atoms with Gasteiger partial charge >= 0.3 is 17.9 Å². The fraction of sp³-hybridized carbons (Fsp3) is 0.769. The molecule has 19 nitrogen and oxygen atoms in total. The number of rotatable bonds is 36. The largest absolute Gasteiger partial charge is 0.481 e. The Labute approximate surface area is 339 Å². The zero-order valence-electron chi connectivity index (χ0n) is 33.6. The van der Waals surface area contributed by atoms with Crippen molar-refractivity contribution < 1.29 is 77.4 Å². The van der Waals surface area contributed by atoms with Gasteiger partial charge in [-0.25, -0.2) is 0 Å². The van der Waals surface area contributed by atoms with Crippen LogP contribution in [0.5, 0.6) is 0 Å². The molecule has 1 aliphatic rings. The van der Waals surface area contributed by atoms with Gasteiger partial charge in [0.2, 0.25) is 17.7 Å². The first-order valence-corrected chi connectivity index (χ1v) is 20.0. The molecule has 0 spiro atoms. The van der Waals surface area contributed by atoms with Crippen LogP contribution in [0.3, 0.4) is 0 Å². The molecule has 0 heterocycles. The number of carboxylic acids is 3. The van der Waals surface area contributed by atoms with Crippen LogP contribution in [-0.4, -0.2) is 141 Å². The van der Waals surface area contributed by atoms with Crippen LogP contribution >= 0.6 is 0 Å². The van der Waals surface area contributed by atoms with Gasteiger partial charge in [-0.15, -0.1) is 0 Å². The number of nitrogens with one attached hydrogen (secondary N) is 3. The molecule has 1 fully saturated rings. The molecule has 1 rings (SSSR count). The van der Waals surface area contributed by atoms with E-state index in [-0.39, 0.29) is 145 Å². The number of Topliss-reactive ketones (excluding diaryl/α,β-unsaturated/α-hetero) is 3. The molecule has 0 bridgehead atoms. The first-order valence-electron chi connectivity index (χ1n) is 20.0. The molecule has 0 aliphatic heterocycles. The van der Waals surface area contributed by atoms with Crippen molar-refractivity contribution in [1.82, 2.24) is 16.0 Å². The number of likely N-dealkylation sites (N-methyl/N-ethyl adjacent to an activating group) is 1. The van der Waals surface area contributed by atoms with Gasteiger partial charge in [0.15, 0.2) is 11.6 Å². The molecule has 2 atom stereocenters. The lowest BCUT2D eigenvalue weighted by atomic mass is 9.78. The highest BCUT2D eigenvalue weighted by molar-refractivity contribution is 5.90. The highest BCUT2D eigenvalue weighted by Gasteiger charge is 2.31. The molecule has 0 aromatic heterocycles. The Morgan fingerprint density at radius 1 is 0.603 bits per heavy atom. The van der Waals surface area contributed by atoms with Crippen LogP contribution in [0, 0.1) is 17.8 Å². The molecule has 6 N–H and O–H groups in total. The molecule has 330 valence electrons. The third kappa shape index (κ3) is 26.6. The highest BCUT2D eigenvalue weighted by atomic mass is 16.5. The summed E-state index contributed by atoms with van der Waals surface area (Å²) in [7, 11) is 1.51. The third-order valence-corrected chi connectivity index (χ3v) is 9.55. The van der Waals surface area contributed by atoms with Gasteiger partial charge in [-0.3, -0.25) is 43.2 Å². The van der Waals surface area contributed by atoms with Gasteiger partial charge in [-0.05, 0) is 63.7 Å². The second-order valence-electron chi connectivity index (χ2n) is 14.3. The van der Waals surface area contributed by atoms with Crippen LogP contribution < -0.4 is 16.0 Å². The summed E-state index contributed by atoms with van der Waals surface area (Å²) in [5, 5.41) is 35.4. The van der Waals surface area contributed by atoms with Crippen molar-refractivity contribution in [2.24, 2.45) is 17.8 Å². The number of hydrogen-bond donors (Lipinski definition) is 6. The standard InChI is InChI=1S/C39H63N3O16/c1-40-36(48)26-58-22-20-55-17-3-5-30(43)25-57-21-19-56-18-4-6-32(44)31(14-16-38(51)52)42-35(47)15-13-29(39(53)54)23-33(45)28-11-9-27(10-12-28)24-41-34(46)7-2-8-37(49)50/h27-29,31H,2-26H2,1H3,(H,40,48)(H,41,46)(H,42,47)(H,49,50)(H,51,52)(H,53,54). The number of carbonyl (C=O) groups excluding carboxylic acids is 6. The summed E-state index contributed by atoms with van der Waals surface area (Å²) in [5.74, 6) is -6.43. The van der Waals surface area contributed by atoms with Gasteiger partial charge < -0.3 is 50.2 Å². The average molecular weight is 830 g/mol. The molecule has 2 unspecified atom stereocenters. The quantitative estimate of drug-likeness (QED) is 0.0488. The number of aliphatic carboxylic acids is 3. The maximum atomic E-state index is 13.0. The molecule has 19 heteroatoms. The lowest BCUT2D eigenvalue weighted by Gasteiger charge is -2.28. The summed E-state index contributed by atoms with van der Waals surface area (Å²) in [6, 6.07) is -1.10. The van der Waals surface area contributed by atoms with Gasteiger partial charge in [0, 0.05) is 77.7 Å². The summed E-state index contributed by atoms with van der Waals surface area (Å²) in [4.78, 5) is 107. The van der Waals surface area contributed by atoms with Crippen LogP contribution in [0.2, 0.25) is 0 Å². The third-order valence-electron chi connectivity index (χ3n) is 9.55. The van der Waals surface area contributed by atoms with E-state index >= 15 is 0 Å². The number of amides is 3. The fourth-order valence-corrected chi connectivity index (χ4v) is 6.14. The van der Waals surface area contributed by atoms with Gasteiger partial charge in [0.05, 0.1) is 38.4 Å². The normalized spacial score (nSPS) is 16.1. The maximum absolute atomic E-state index is 13.0. The van der Waals surface area contributed by atoms with Crippen LogP contribution in [0.4, 0.5) is 0 Å². The van der Waals surface area contributed by atoms with E-state index in [9.17, 15) is 48.3 Å². The van der Waals surface area contributed by atoms with Crippen molar-refractivity contribution >= 4 is 53.0 Å². The van der Waals surface area contributed by atoms with E-state index in [4.69, 9.17) is 29.2 Å².